The molecule has 1 aromatic rings. The third-order valence-electron chi connectivity index (χ3n) is 4.04. The van der Waals surface area contributed by atoms with E-state index >= 15 is 0 Å². The molecule has 1 saturated heterocycles. The number of amides is 1. The lowest BCUT2D eigenvalue weighted by Gasteiger charge is -2.35. The molecule has 4 heteroatoms. The number of benzene rings is 1. The molecule has 20 heavy (non-hydrogen) atoms. The number of rotatable bonds is 3. The molecule has 4 nitrogen and oxygen atoms in total. The van der Waals surface area contributed by atoms with Gasteiger partial charge >= 0.3 is 0 Å². The zero-order valence-corrected chi connectivity index (χ0v) is 12.1. The van der Waals surface area contributed by atoms with Crippen LogP contribution in [0.1, 0.15) is 42.1 Å². The van der Waals surface area contributed by atoms with Crippen LogP contribution in [0.2, 0.25) is 0 Å². The highest BCUT2D eigenvalue weighted by Crippen LogP contribution is 2.21. The highest BCUT2D eigenvalue weighted by Gasteiger charge is 2.30. The SMILES string of the molecule is CC(C)c1cccc(C(=O)N2CC[C@H](CO)[C@H](O)C2)c1. The molecule has 2 rings (SSSR count). The van der Waals surface area contributed by atoms with Gasteiger partial charge in [-0.05, 0) is 30.0 Å². The topological polar surface area (TPSA) is 60.8 Å². The summed E-state index contributed by atoms with van der Waals surface area (Å²) >= 11 is 0. The first kappa shape index (κ1) is 15.0. The van der Waals surface area contributed by atoms with Crippen LogP contribution in [-0.4, -0.2) is 46.8 Å². The average molecular weight is 277 g/mol. The maximum Gasteiger partial charge on any atom is 0.253 e. The smallest absolute Gasteiger partial charge is 0.253 e. The van der Waals surface area contributed by atoms with E-state index < -0.39 is 6.10 Å². The summed E-state index contributed by atoms with van der Waals surface area (Å²) in [5.74, 6) is 0.234. The van der Waals surface area contributed by atoms with Crippen molar-refractivity contribution in [1.29, 1.82) is 0 Å². The lowest BCUT2D eigenvalue weighted by molar-refractivity contribution is 0.000873. The van der Waals surface area contributed by atoms with Crippen LogP contribution in [0.5, 0.6) is 0 Å². The lowest BCUT2D eigenvalue weighted by atomic mass is 9.94. The van der Waals surface area contributed by atoms with E-state index in [-0.39, 0.29) is 18.4 Å². The summed E-state index contributed by atoms with van der Waals surface area (Å²) in [4.78, 5) is 14.1. The van der Waals surface area contributed by atoms with Crippen LogP contribution in [-0.2, 0) is 0 Å². The average Bonchev–Trinajstić information content (AvgIpc) is 2.46. The fraction of sp³-hybridized carbons (Fsp3) is 0.562. The Hall–Kier alpha value is -1.39. The fourth-order valence-corrected chi connectivity index (χ4v) is 2.59. The van der Waals surface area contributed by atoms with E-state index in [0.717, 1.165) is 5.56 Å². The summed E-state index contributed by atoms with van der Waals surface area (Å²) in [5, 5.41) is 19.1. The molecule has 1 amide bonds. The van der Waals surface area contributed by atoms with Gasteiger partial charge in [0, 0.05) is 31.2 Å². The van der Waals surface area contributed by atoms with Gasteiger partial charge in [-0.3, -0.25) is 4.79 Å². The van der Waals surface area contributed by atoms with Crippen molar-refractivity contribution in [1.82, 2.24) is 4.90 Å². The summed E-state index contributed by atoms with van der Waals surface area (Å²) in [6.07, 6.45) is 0.0128. The molecule has 0 radical (unpaired) electrons. The largest absolute Gasteiger partial charge is 0.396 e. The number of carbonyl (C=O) groups excluding carboxylic acids is 1. The van der Waals surface area contributed by atoms with Crippen LogP contribution in [0.25, 0.3) is 0 Å². The van der Waals surface area contributed by atoms with Crippen molar-refractivity contribution in [3.63, 3.8) is 0 Å². The van der Waals surface area contributed by atoms with Crippen molar-refractivity contribution in [2.75, 3.05) is 19.7 Å². The maximum absolute atomic E-state index is 12.5. The van der Waals surface area contributed by atoms with E-state index in [0.29, 0.717) is 31.0 Å². The second-order valence-electron chi connectivity index (χ2n) is 5.83. The Morgan fingerprint density at radius 1 is 1.45 bits per heavy atom. The Morgan fingerprint density at radius 2 is 2.20 bits per heavy atom. The summed E-state index contributed by atoms with van der Waals surface area (Å²) in [6.45, 7) is 5.06. The third-order valence-corrected chi connectivity index (χ3v) is 4.04. The first-order valence-corrected chi connectivity index (χ1v) is 7.21. The normalized spacial score (nSPS) is 23.1. The van der Waals surface area contributed by atoms with E-state index in [1.165, 1.54) is 0 Å². The third kappa shape index (κ3) is 3.19. The quantitative estimate of drug-likeness (QED) is 0.882. The van der Waals surface area contributed by atoms with E-state index in [4.69, 9.17) is 5.11 Å². The number of aliphatic hydroxyl groups excluding tert-OH is 2. The van der Waals surface area contributed by atoms with Crippen molar-refractivity contribution >= 4 is 5.91 Å². The second-order valence-corrected chi connectivity index (χ2v) is 5.83. The molecular formula is C16H23NO3. The van der Waals surface area contributed by atoms with Gasteiger partial charge in [-0.2, -0.15) is 0 Å². The molecule has 2 atom stereocenters. The fourth-order valence-electron chi connectivity index (χ4n) is 2.59. The summed E-state index contributed by atoms with van der Waals surface area (Å²) in [5.41, 5.74) is 1.81. The van der Waals surface area contributed by atoms with E-state index in [9.17, 15) is 9.90 Å². The summed E-state index contributed by atoms with van der Waals surface area (Å²) < 4.78 is 0. The molecular weight excluding hydrogens is 254 g/mol. The maximum atomic E-state index is 12.5. The Labute approximate surface area is 120 Å². The van der Waals surface area contributed by atoms with Gasteiger partial charge < -0.3 is 15.1 Å². The summed E-state index contributed by atoms with van der Waals surface area (Å²) in [6, 6.07) is 7.67. The molecule has 1 aliphatic heterocycles. The van der Waals surface area contributed by atoms with Gasteiger partial charge in [0.2, 0.25) is 0 Å². The molecule has 0 aliphatic carbocycles. The minimum Gasteiger partial charge on any atom is -0.396 e. The molecule has 0 bridgehead atoms. The van der Waals surface area contributed by atoms with E-state index in [2.05, 4.69) is 13.8 Å². The van der Waals surface area contributed by atoms with E-state index in [1.54, 1.807) is 4.90 Å². The van der Waals surface area contributed by atoms with Crippen molar-refractivity contribution in [2.45, 2.75) is 32.3 Å². The predicted octanol–water partition coefficient (Wildman–Crippen LogP) is 1.63. The number of nitrogens with zero attached hydrogens (tertiary/aromatic N) is 1. The lowest BCUT2D eigenvalue weighted by Crippen LogP contribution is -2.47. The predicted molar refractivity (Wildman–Crippen MR) is 77.6 cm³/mol. The van der Waals surface area contributed by atoms with Crippen LogP contribution in [0.15, 0.2) is 24.3 Å². The molecule has 0 saturated carbocycles. The van der Waals surface area contributed by atoms with Crippen molar-refractivity contribution in [3.05, 3.63) is 35.4 Å². The van der Waals surface area contributed by atoms with Crippen LogP contribution >= 0.6 is 0 Å². The molecule has 2 N–H and O–H groups in total. The molecule has 1 aliphatic rings. The van der Waals surface area contributed by atoms with Crippen LogP contribution in [0.3, 0.4) is 0 Å². The second kappa shape index (κ2) is 6.37. The van der Waals surface area contributed by atoms with Crippen LogP contribution < -0.4 is 0 Å². The van der Waals surface area contributed by atoms with Gasteiger partial charge in [-0.1, -0.05) is 26.0 Å². The number of aliphatic hydroxyl groups is 2. The van der Waals surface area contributed by atoms with Gasteiger partial charge in [0.25, 0.3) is 5.91 Å². The van der Waals surface area contributed by atoms with Crippen molar-refractivity contribution in [3.8, 4) is 0 Å². The van der Waals surface area contributed by atoms with Crippen molar-refractivity contribution < 1.29 is 15.0 Å². The highest BCUT2D eigenvalue weighted by atomic mass is 16.3. The number of hydrogen-bond donors (Lipinski definition) is 2. The molecule has 1 fully saturated rings. The molecule has 1 aromatic carbocycles. The van der Waals surface area contributed by atoms with Crippen molar-refractivity contribution in [2.24, 2.45) is 5.92 Å². The number of β-amino-alcohol motifs (C(OH)–C–C–N with tert-alkyl or cyclic N) is 1. The molecule has 0 spiro atoms. The number of carbonyl (C=O) groups is 1. The van der Waals surface area contributed by atoms with Gasteiger partial charge in [-0.25, -0.2) is 0 Å². The number of likely N-dealkylation sites (tertiary alicyclic amines) is 1. The van der Waals surface area contributed by atoms with Gasteiger partial charge in [0.15, 0.2) is 0 Å². The standard InChI is InChI=1S/C16H23NO3/c1-11(2)12-4-3-5-13(8-12)16(20)17-7-6-14(10-18)15(19)9-17/h3-5,8,11,14-15,18-19H,6-7,9-10H2,1-2H3/t14-,15-/m1/s1. The minimum atomic E-state index is -0.633. The zero-order valence-electron chi connectivity index (χ0n) is 12.1. The molecule has 0 aromatic heterocycles. The first-order chi connectivity index (χ1) is 9.52. The van der Waals surface area contributed by atoms with Gasteiger partial charge in [0.1, 0.15) is 0 Å². The van der Waals surface area contributed by atoms with Crippen LogP contribution in [0, 0.1) is 5.92 Å². The molecule has 0 unspecified atom stereocenters. The molecule has 110 valence electrons. The summed E-state index contributed by atoms with van der Waals surface area (Å²) in [7, 11) is 0. The number of piperidine rings is 1. The van der Waals surface area contributed by atoms with Gasteiger partial charge in [0.05, 0.1) is 6.10 Å². The van der Waals surface area contributed by atoms with Crippen LogP contribution in [0.4, 0.5) is 0 Å². The Kier molecular flexibility index (Phi) is 4.78. The Morgan fingerprint density at radius 3 is 2.80 bits per heavy atom. The zero-order chi connectivity index (χ0) is 14.7. The monoisotopic (exact) mass is 277 g/mol. The highest BCUT2D eigenvalue weighted by molar-refractivity contribution is 5.94. The Balaban J connectivity index is 2.10. The molecule has 1 heterocycles. The van der Waals surface area contributed by atoms with E-state index in [1.807, 2.05) is 24.3 Å². The Bertz CT molecular complexity index is 473. The minimum absolute atomic E-state index is 0.0218. The van der Waals surface area contributed by atoms with Gasteiger partial charge in [-0.15, -0.1) is 0 Å². The first-order valence-electron chi connectivity index (χ1n) is 7.21. The number of hydrogen-bond acceptors (Lipinski definition) is 3.